The number of hydrogen-bond donors (Lipinski definition) is 0. The van der Waals surface area contributed by atoms with Gasteiger partial charge in [0, 0.05) is 26.7 Å². The van der Waals surface area contributed by atoms with Gasteiger partial charge in [0.15, 0.2) is 0 Å². The number of hydrogen-bond acceptors (Lipinski definition) is 3. The molecule has 0 aromatic carbocycles. The molecule has 84 valence electrons. The van der Waals surface area contributed by atoms with Gasteiger partial charge in [-0.3, -0.25) is 9.69 Å². The van der Waals surface area contributed by atoms with Gasteiger partial charge in [0.05, 0.1) is 12.1 Å². The molecule has 1 saturated carbocycles. The third kappa shape index (κ3) is 1.76. The molecule has 2 saturated heterocycles. The molecular weight excluding hydrogens is 192 g/mol. The number of likely N-dealkylation sites (tertiary alicyclic amines) is 1. The van der Waals surface area contributed by atoms with Crippen molar-refractivity contribution in [3.63, 3.8) is 0 Å². The van der Waals surface area contributed by atoms with Crippen LogP contribution < -0.4 is 0 Å². The molecule has 3 fully saturated rings. The molecule has 0 radical (unpaired) electrons. The molecule has 0 aromatic rings. The van der Waals surface area contributed by atoms with Gasteiger partial charge in [-0.15, -0.1) is 0 Å². The molecule has 3 aliphatic rings. The van der Waals surface area contributed by atoms with Crippen molar-refractivity contribution in [2.75, 3.05) is 33.3 Å². The molecule has 2 aliphatic heterocycles. The molecule has 4 nitrogen and oxygen atoms in total. The minimum Gasteiger partial charge on any atom is -0.365 e. The van der Waals surface area contributed by atoms with Crippen molar-refractivity contribution in [2.24, 2.45) is 5.92 Å². The Balaban J connectivity index is 1.63. The SMILES string of the molecule is CN1C(=O)COC2CN(CC3CC3)CC21. The summed E-state index contributed by atoms with van der Waals surface area (Å²) in [6, 6.07) is 0.296. The monoisotopic (exact) mass is 210 g/mol. The van der Waals surface area contributed by atoms with Crippen molar-refractivity contribution in [1.82, 2.24) is 9.80 Å². The van der Waals surface area contributed by atoms with Gasteiger partial charge in [0.25, 0.3) is 0 Å². The molecule has 2 heterocycles. The van der Waals surface area contributed by atoms with Crippen molar-refractivity contribution in [2.45, 2.75) is 25.0 Å². The van der Waals surface area contributed by atoms with E-state index in [4.69, 9.17) is 4.74 Å². The average Bonchev–Trinajstić information content (AvgIpc) is 2.91. The van der Waals surface area contributed by atoms with Gasteiger partial charge >= 0.3 is 0 Å². The summed E-state index contributed by atoms with van der Waals surface area (Å²) in [6.07, 6.45) is 3.04. The fourth-order valence-corrected chi connectivity index (χ4v) is 2.65. The Morgan fingerprint density at radius 2 is 2.20 bits per heavy atom. The van der Waals surface area contributed by atoms with E-state index < -0.39 is 0 Å². The normalized spacial score (nSPS) is 37.1. The van der Waals surface area contributed by atoms with E-state index in [-0.39, 0.29) is 18.6 Å². The molecule has 0 spiro atoms. The first-order chi connectivity index (χ1) is 7.24. The van der Waals surface area contributed by atoms with E-state index >= 15 is 0 Å². The Morgan fingerprint density at radius 3 is 2.93 bits per heavy atom. The fourth-order valence-electron chi connectivity index (χ4n) is 2.65. The molecule has 0 bridgehead atoms. The lowest BCUT2D eigenvalue weighted by Gasteiger charge is -2.33. The standard InChI is InChI=1S/C11H18N2O2/c1-12-9-5-13(4-8-2-3-8)6-10(9)15-7-11(12)14/h8-10H,2-7H2,1H3. The molecule has 1 aliphatic carbocycles. The summed E-state index contributed by atoms with van der Waals surface area (Å²) in [5.41, 5.74) is 0. The first kappa shape index (κ1) is 9.60. The van der Waals surface area contributed by atoms with E-state index in [0.717, 1.165) is 19.0 Å². The summed E-state index contributed by atoms with van der Waals surface area (Å²) in [5, 5.41) is 0. The zero-order valence-corrected chi connectivity index (χ0v) is 9.19. The van der Waals surface area contributed by atoms with Gasteiger partial charge in [-0.1, -0.05) is 0 Å². The first-order valence-corrected chi connectivity index (χ1v) is 5.83. The fraction of sp³-hybridized carbons (Fsp3) is 0.909. The van der Waals surface area contributed by atoms with E-state index in [1.165, 1.54) is 19.4 Å². The zero-order chi connectivity index (χ0) is 10.4. The number of rotatable bonds is 2. The molecule has 0 N–H and O–H groups in total. The highest BCUT2D eigenvalue weighted by Gasteiger charge is 2.42. The zero-order valence-electron chi connectivity index (χ0n) is 9.19. The number of carbonyl (C=O) groups is 1. The molecular formula is C11H18N2O2. The number of nitrogens with zero attached hydrogens (tertiary/aromatic N) is 2. The van der Waals surface area contributed by atoms with Gasteiger partial charge in [0.1, 0.15) is 6.61 Å². The third-order valence-corrected chi connectivity index (χ3v) is 3.84. The average molecular weight is 210 g/mol. The molecule has 4 heteroatoms. The van der Waals surface area contributed by atoms with Crippen molar-refractivity contribution in [1.29, 1.82) is 0 Å². The van der Waals surface area contributed by atoms with Gasteiger partial charge in [-0.2, -0.15) is 0 Å². The Labute approximate surface area is 90.2 Å². The number of amides is 1. The van der Waals surface area contributed by atoms with Crippen molar-refractivity contribution < 1.29 is 9.53 Å². The largest absolute Gasteiger partial charge is 0.365 e. The van der Waals surface area contributed by atoms with Crippen molar-refractivity contribution >= 4 is 5.91 Å². The second-order valence-electron chi connectivity index (χ2n) is 5.08. The molecule has 15 heavy (non-hydrogen) atoms. The van der Waals surface area contributed by atoms with Crippen LogP contribution in [0.3, 0.4) is 0 Å². The maximum Gasteiger partial charge on any atom is 0.248 e. The number of ether oxygens (including phenoxy) is 1. The summed E-state index contributed by atoms with van der Waals surface area (Å²) in [6.45, 7) is 3.50. The highest BCUT2D eigenvalue weighted by Crippen LogP contribution is 2.32. The molecule has 0 aromatic heterocycles. The summed E-state index contributed by atoms with van der Waals surface area (Å²) >= 11 is 0. The van der Waals surface area contributed by atoms with Gasteiger partial charge in [-0.25, -0.2) is 0 Å². The Bertz CT molecular complexity index is 278. The molecule has 2 unspecified atom stereocenters. The number of likely N-dealkylation sites (N-methyl/N-ethyl adjacent to an activating group) is 1. The maximum absolute atomic E-state index is 11.5. The van der Waals surface area contributed by atoms with Crippen molar-refractivity contribution in [3.05, 3.63) is 0 Å². The van der Waals surface area contributed by atoms with Crippen LogP contribution in [0, 0.1) is 5.92 Å². The van der Waals surface area contributed by atoms with Crippen LogP contribution in [0.1, 0.15) is 12.8 Å². The quantitative estimate of drug-likeness (QED) is 0.640. The lowest BCUT2D eigenvalue weighted by molar-refractivity contribution is -0.150. The number of carbonyl (C=O) groups excluding carboxylic acids is 1. The Kier molecular flexibility index (Phi) is 2.21. The summed E-state index contributed by atoms with van der Waals surface area (Å²) < 4.78 is 5.58. The van der Waals surface area contributed by atoms with Crippen LogP contribution in [0.25, 0.3) is 0 Å². The summed E-state index contributed by atoms with van der Waals surface area (Å²) in [4.78, 5) is 15.8. The van der Waals surface area contributed by atoms with E-state index in [9.17, 15) is 4.79 Å². The Morgan fingerprint density at radius 1 is 1.40 bits per heavy atom. The topological polar surface area (TPSA) is 32.8 Å². The van der Waals surface area contributed by atoms with Crippen LogP contribution in [-0.2, 0) is 9.53 Å². The van der Waals surface area contributed by atoms with E-state index in [1.54, 1.807) is 0 Å². The molecule has 1 amide bonds. The van der Waals surface area contributed by atoms with Gasteiger partial charge in [0.2, 0.25) is 5.91 Å². The highest BCUT2D eigenvalue weighted by molar-refractivity contribution is 5.78. The van der Waals surface area contributed by atoms with Gasteiger partial charge in [-0.05, 0) is 18.8 Å². The van der Waals surface area contributed by atoms with Crippen molar-refractivity contribution in [3.8, 4) is 0 Å². The second-order valence-corrected chi connectivity index (χ2v) is 5.08. The van der Waals surface area contributed by atoms with Crippen LogP contribution in [0.4, 0.5) is 0 Å². The predicted molar refractivity (Wildman–Crippen MR) is 55.5 cm³/mol. The minimum atomic E-state index is 0.129. The maximum atomic E-state index is 11.5. The predicted octanol–water partition coefficient (Wildman–Crippen LogP) is -0.0622. The van der Waals surface area contributed by atoms with E-state index in [2.05, 4.69) is 4.90 Å². The molecule has 2 atom stereocenters. The number of morpholine rings is 1. The van der Waals surface area contributed by atoms with E-state index in [0.29, 0.717) is 6.04 Å². The summed E-state index contributed by atoms with van der Waals surface area (Å²) in [7, 11) is 1.91. The van der Waals surface area contributed by atoms with Crippen LogP contribution in [-0.4, -0.2) is 61.1 Å². The highest BCUT2D eigenvalue weighted by atomic mass is 16.5. The van der Waals surface area contributed by atoms with Gasteiger partial charge < -0.3 is 9.64 Å². The smallest absolute Gasteiger partial charge is 0.248 e. The van der Waals surface area contributed by atoms with Crippen LogP contribution in [0.5, 0.6) is 0 Å². The van der Waals surface area contributed by atoms with Crippen LogP contribution in [0.15, 0.2) is 0 Å². The second kappa shape index (κ2) is 3.46. The van der Waals surface area contributed by atoms with E-state index in [1.807, 2.05) is 11.9 Å². The Hall–Kier alpha value is -0.610. The first-order valence-electron chi connectivity index (χ1n) is 5.83. The summed E-state index contributed by atoms with van der Waals surface area (Å²) in [5.74, 6) is 1.05. The van der Waals surface area contributed by atoms with Crippen LogP contribution >= 0.6 is 0 Å². The number of fused-ring (bicyclic) bond motifs is 1. The lowest BCUT2D eigenvalue weighted by atomic mass is 10.1. The minimum absolute atomic E-state index is 0.129. The molecule has 3 rings (SSSR count). The van der Waals surface area contributed by atoms with Crippen LogP contribution in [0.2, 0.25) is 0 Å². The third-order valence-electron chi connectivity index (χ3n) is 3.84. The lowest BCUT2D eigenvalue weighted by Crippen LogP contribution is -2.51.